The Morgan fingerprint density at radius 1 is 1.00 bits per heavy atom. The van der Waals surface area contributed by atoms with Gasteiger partial charge in [-0.2, -0.15) is 5.26 Å². The second kappa shape index (κ2) is 11.0. The van der Waals surface area contributed by atoms with Crippen molar-refractivity contribution in [3.63, 3.8) is 0 Å². The van der Waals surface area contributed by atoms with Crippen LogP contribution in [0.1, 0.15) is 54.1 Å². The van der Waals surface area contributed by atoms with E-state index in [0.29, 0.717) is 35.7 Å². The van der Waals surface area contributed by atoms with E-state index in [4.69, 9.17) is 19.5 Å². The summed E-state index contributed by atoms with van der Waals surface area (Å²) in [7, 11) is 3.12. The normalized spacial score (nSPS) is 10.2. The quantitative estimate of drug-likeness (QED) is 0.406. The molecule has 0 spiro atoms. The molecule has 0 heterocycles. The number of unbranched alkanes of at least 4 members (excludes halogenated alkanes) is 2. The van der Waals surface area contributed by atoms with Gasteiger partial charge >= 0.3 is 0 Å². The molecular weight excluding hydrogens is 354 g/mol. The Kier molecular flexibility index (Phi) is 8.36. The number of ketones is 1. The molecule has 2 aromatic carbocycles. The molecule has 0 bridgehead atoms. The lowest BCUT2D eigenvalue weighted by Crippen LogP contribution is -2.09. The first-order valence-corrected chi connectivity index (χ1v) is 9.55. The van der Waals surface area contributed by atoms with E-state index in [-0.39, 0.29) is 5.78 Å². The minimum absolute atomic E-state index is 0.146. The number of carbonyl (C=O) groups is 1. The SMILES string of the molecule is CCCc1c(OCCCCC#N)ccc(C(=O)c2ccccc2OC)c1OC. The van der Waals surface area contributed by atoms with Crippen LogP contribution >= 0.6 is 0 Å². The molecular formula is C23H27NO4. The van der Waals surface area contributed by atoms with Crippen LogP contribution in [0, 0.1) is 11.3 Å². The van der Waals surface area contributed by atoms with Crippen molar-refractivity contribution >= 4 is 5.78 Å². The average molecular weight is 381 g/mol. The molecule has 148 valence electrons. The number of nitrogens with zero attached hydrogens (tertiary/aromatic N) is 1. The van der Waals surface area contributed by atoms with Gasteiger partial charge in [-0.25, -0.2) is 0 Å². The Hall–Kier alpha value is -3.00. The molecule has 0 aliphatic heterocycles. The second-order valence-electron chi connectivity index (χ2n) is 6.37. The number of hydrogen-bond acceptors (Lipinski definition) is 5. The lowest BCUT2D eigenvalue weighted by atomic mass is 9.96. The van der Waals surface area contributed by atoms with Gasteiger partial charge in [-0.15, -0.1) is 0 Å². The van der Waals surface area contributed by atoms with Gasteiger partial charge < -0.3 is 14.2 Å². The fourth-order valence-electron chi connectivity index (χ4n) is 3.11. The monoisotopic (exact) mass is 381 g/mol. The molecule has 0 aliphatic carbocycles. The molecule has 0 aliphatic rings. The lowest BCUT2D eigenvalue weighted by Gasteiger charge is -2.18. The van der Waals surface area contributed by atoms with Crippen molar-refractivity contribution in [1.29, 1.82) is 5.26 Å². The standard InChI is InChI=1S/C23H27NO4/c1-4-10-18-21(28-16-9-5-8-15-24)14-13-19(23(18)27-3)22(25)17-11-6-7-12-20(17)26-2/h6-7,11-14H,4-5,8-10,16H2,1-3H3. The summed E-state index contributed by atoms with van der Waals surface area (Å²) >= 11 is 0. The smallest absolute Gasteiger partial charge is 0.200 e. The average Bonchev–Trinajstić information content (AvgIpc) is 2.73. The highest BCUT2D eigenvalue weighted by atomic mass is 16.5. The summed E-state index contributed by atoms with van der Waals surface area (Å²) < 4.78 is 16.9. The zero-order valence-electron chi connectivity index (χ0n) is 16.8. The predicted octanol–water partition coefficient (Wildman–Crippen LogP) is 4.96. The number of hydrogen-bond donors (Lipinski definition) is 0. The van der Waals surface area contributed by atoms with Crippen LogP contribution in [-0.2, 0) is 6.42 Å². The minimum Gasteiger partial charge on any atom is -0.496 e. The van der Waals surface area contributed by atoms with Crippen LogP contribution in [0.4, 0.5) is 0 Å². The molecule has 0 saturated heterocycles. The molecule has 0 radical (unpaired) electrons. The van der Waals surface area contributed by atoms with Gasteiger partial charge in [0.05, 0.1) is 38.0 Å². The van der Waals surface area contributed by atoms with Crippen LogP contribution in [0.5, 0.6) is 17.2 Å². The first kappa shape index (κ1) is 21.3. The maximum Gasteiger partial charge on any atom is 0.200 e. The van der Waals surface area contributed by atoms with E-state index in [1.807, 2.05) is 18.2 Å². The molecule has 5 heteroatoms. The number of benzene rings is 2. The molecule has 2 aromatic rings. The van der Waals surface area contributed by atoms with Gasteiger partial charge in [-0.1, -0.05) is 25.5 Å². The summed E-state index contributed by atoms with van der Waals surface area (Å²) in [5.74, 6) is 1.66. The Morgan fingerprint density at radius 3 is 2.46 bits per heavy atom. The van der Waals surface area contributed by atoms with Crippen molar-refractivity contribution < 1.29 is 19.0 Å². The Labute approximate surface area is 166 Å². The highest BCUT2D eigenvalue weighted by Crippen LogP contribution is 2.36. The van der Waals surface area contributed by atoms with Crippen molar-refractivity contribution in [2.24, 2.45) is 0 Å². The zero-order valence-corrected chi connectivity index (χ0v) is 16.8. The topological polar surface area (TPSA) is 68.5 Å². The summed E-state index contributed by atoms with van der Waals surface area (Å²) in [4.78, 5) is 13.2. The molecule has 0 unspecified atom stereocenters. The van der Waals surface area contributed by atoms with Gasteiger partial charge in [0.1, 0.15) is 17.2 Å². The second-order valence-corrected chi connectivity index (χ2v) is 6.37. The number of rotatable bonds is 11. The third kappa shape index (κ3) is 5.04. The van der Waals surface area contributed by atoms with Gasteiger partial charge in [0, 0.05) is 12.0 Å². The molecule has 0 atom stereocenters. The molecule has 5 nitrogen and oxygen atoms in total. The van der Waals surface area contributed by atoms with E-state index in [1.165, 1.54) is 0 Å². The van der Waals surface area contributed by atoms with Gasteiger partial charge in [0.2, 0.25) is 0 Å². The van der Waals surface area contributed by atoms with Crippen LogP contribution in [-0.4, -0.2) is 26.6 Å². The van der Waals surface area contributed by atoms with Gasteiger partial charge in [0.25, 0.3) is 0 Å². The van der Waals surface area contributed by atoms with Crippen LogP contribution < -0.4 is 14.2 Å². The van der Waals surface area contributed by atoms with Crippen molar-refractivity contribution in [3.8, 4) is 23.3 Å². The molecule has 0 aromatic heterocycles. The first-order valence-electron chi connectivity index (χ1n) is 9.55. The molecule has 0 amide bonds. The summed E-state index contributed by atoms with van der Waals surface area (Å²) in [5, 5.41) is 8.63. The maximum atomic E-state index is 13.2. The largest absolute Gasteiger partial charge is 0.496 e. The van der Waals surface area contributed by atoms with Crippen LogP contribution in [0.3, 0.4) is 0 Å². The summed E-state index contributed by atoms with van der Waals surface area (Å²) in [6, 6.07) is 12.9. The molecule has 0 fully saturated rings. The zero-order chi connectivity index (χ0) is 20.4. The van der Waals surface area contributed by atoms with Crippen molar-refractivity contribution in [1.82, 2.24) is 0 Å². The summed E-state index contributed by atoms with van der Waals surface area (Å²) in [6.07, 6.45) is 3.78. The minimum atomic E-state index is -0.146. The van der Waals surface area contributed by atoms with E-state index < -0.39 is 0 Å². The maximum absolute atomic E-state index is 13.2. The van der Waals surface area contributed by atoms with Crippen molar-refractivity contribution in [2.45, 2.75) is 39.0 Å². The number of nitriles is 1. The Bertz CT molecular complexity index is 839. The van der Waals surface area contributed by atoms with E-state index >= 15 is 0 Å². The highest BCUT2D eigenvalue weighted by molar-refractivity contribution is 6.12. The van der Waals surface area contributed by atoms with E-state index in [2.05, 4.69) is 13.0 Å². The van der Waals surface area contributed by atoms with Gasteiger partial charge in [-0.05, 0) is 43.5 Å². The van der Waals surface area contributed by atoms with Crippen molar-refractivity contribution in [2.75, 3.05) is 20.8 Å². The fourth-order valence-corrected chi connectivity index (χ4v) is 3.11. The Morgan fingerprint density at radius 2 is 1.79 bits per heavy atom. The third-order valence-corrected chi connectivity index (χ3v) is 4.46. The van der Waals surface area contributed by atoms with E-state index in [0.717, 1.165) is 37.0 Å². The van der Waals surface area contributed by atoms with E-state index in [9.17, 15) is 4.79 Å². The molecule has 28 heavy (non-hydrogen) atoms. The lowest BCUT2D eigenvalue weighted by molar-refractivity contribution is 0.103. The number of methoxy groups -OCH3 is 2. The molecule has 0 saturated carbocycles. The summed E-state index contributed by atoms with van der Waals surface area (Å²) in [5.41, 5.74) is 1.88. The van der Waals surface area contributed by atoms with Gasteiger partial charge in [-0.3, -0.25) is 4.79 Å². The number of para-hydroxylation sites is 1. The fraction of sp³-hybridized carbons (Fsp3) is 0.391. The van der Waals surface area contributed by atoms with Crippen LogP contribution in [0.15, 0.2) is 36.4 Å². The summed E-state index contributed by atoms with van der Waals surface area (Å²) in [6.45, 7) is 2.60. The highest BCUT2D eigenvalue weighted by Gasteiger charge is 2.22. The molecule has 0 N–H and O–H groups in total. The van der Waals surface area contributed by atoms with E-state index in [1.54, 1.807) is 32.4 Å². The molecule has 2 rings (SSSR count). The van der Waals surface area contributed by atoms with Crippen LogP contribution in [0.2, 0.25) is 0 Å². The predicted molar refractivity (Wildman–Crippen MR) is 108 cm³/mol. The van der Waals surface area contributed by atoms with Crippen LogP contribution in [0.25, 0.3) is 0 Å². The third-order valence-electron chi connectivity index (χ3n) is 4.46. The van der Waals surface area contributed by atoms with Gasteiger partial charge in [0.15, 0.2) is 5.78 Å². The number of carbonyl (C=O) groups excluding carboxylic acids is 1. The number of ether oxygens (including phenoxy) is 3. The van der Waals surface area contributed by atoms with Crippen molar-refractivity contribution in [3.05, 3.63) is 53.1 Å². The first-order chi connectivity index (χ1) is 13.7. The Balaban J connectivity index is 2.36.